The summed E-state index contributed by atoms with van der Waals surface area (Å²) in [5.74, 6) is 0.430. The lowest BCUT2D eigenvalue weighted by atomic mass is 10.1. The van der Waals surface area contributed by atoms with Crippen molar-refractivity contribution in [3.8, 4) is 5.75 Å². The first-order valence-corrected chi connectivity index (χ1v) is 6.69. The van der Waals surface area contributed by atoms with Gasteiger partial charge >= 0.3 is 0 Å². The fourth-order valence-electron chi connectivity index (χ4n) is 2.26. The molecule has 102 valence electrons. The van der Waals surface area contributed by atoms with Gasteiger partial charge in [0.25, 0.3) is 5.91 Å². The van der Waals surface area contributed by atoms with Gasteiger partial charge in [-0.15, -0.1) is 0 Å². The van der Waals surface area contributed by atoms with Gasteiger partial charge in [0.15, 0.2) is 12.4 Å². The first-order chi connectivity index (χ1) is 9.18. The fourth-order valence-corrected chi connectivity index (χ4v) is 2.26. The van der Waals surface area contributed by atoms with Crippen molar-refractivity contribution in [2.75, 3.05) is 19.7 Å². The van der Waals surface area contributed by atoms with Gasteiger partial charge < -0.3 is 9.64 Å². The first kappa shape index (κ1) is 13.6. The zero-order chi connectivity index (χ0) is 13.7. The van der Waals surface area contributed by atoms with Crippen LogP contribution in [0.5, 0.6) is 5.75 Å². The van der Waals surface area contributed by atoms with Crippen molar-refractivity contribution in [2.45, 2.75) is 26.2 Å². The monoisotopic (exact) mass is 261 g/mol. The molecule has 1 aromatic rings. The van der Waals surface area contributed by atoms with Gasteiger partial charge in [0, 0.05) is 13.1 Å². The van der Waals surface area contributed by atoms with Crippen molar-refractivity contribution in [3.05, 3.63) is 29.8 Å². The van der Waals surface area contributed by atoms with Crippen LogP contribution in [0.4, 0.5) is 0 Å². The molecule has 0 aromatic heterocycles. The molecule has 0 saturated carbocycles. The van der Waals surface area contributed by atoms with E-state index in [9.17, 15) is 9.59 Å². The van der Waals surface area contributed by atoms with Crippen LogP contribution in [0.25, 0.3) is 0 Å². The normalized spacial score (nSPS) is 15.1. The molecule has 0 unspecified atom stereocenters. The second kappa shape index (κ2) is 6.36. The van der Waals surface area contributed by atoms with E-state index in [-0.39, 0.29) is 18.3 Å². The first-order valence-electron chi connectivity index (χ1n) is 6.69. The molecule has 1 amide bonds. The Labute approximate surface area is 113 Å². The Kier molecular flexibility index (Phi) is 4.55. The third-order valence-corrected chi connectivity index (χ3v) is 3.33. The maximum absolute atomic E-state index is 12.0. The number of ether oxygens (including phenoxy) is 1. The summed E-state index contributed by atoms with van der Waals surface area (Å²) < 4.78 is 5.50. The number of para-hydroxylation sites is 1. The second-order valence-electron chi connectivity index (χ2n) is 4.78. The van der Waals surface area contributed by atoms with Crippen LogP contribution in [0.15, 0.2) is 24.3 Å². The third-order valence-electron chi connectivity index (χ3n) is 3.33. The molecule has 0 spiro atoms. The summed E-state index contributed by atoms with van der Waals surface area (Å²) in [4.78, 5) is 25.2. The van der Waals surface area contributed by atoms with Gasteiger partial charge in [-0.05, 0) is 38.3 Å². The van der Waals surface area contributed by atoms with E-state index in [0.717, 1.165) is 25.9 Å². The molecular weight excluding hydrogens is 242 g/mol. The molecule has 1 aliphatic rings. The Hall–Kier alpha value is -1.84. The number of benzene rings is 1. The number of Topliss-reactive ketones (excluding diaryl/α,β-unsaturated/α-hetero) is 1. The SMILES string of the molecule is CC(=O)c1ccccc1OCC(=O)N1CCCCC1. The molecule has 1 heterocycles. The van der Waals surface area contributed by atoms with E-state index in [2.05, 4.69) is 0 Å². The minimum atomic E-state index is -0.0546. The standard InChI is InChI=1S/C15H19NO3/c1-12(17)13-7-3-4-8-14(13)19-11-15(18)16-9-5-2-6-10-16/h3-4,7-8H,2,5-6,9-11H2,1H3. The molecule has 0 bridgehead atoms. The number of carbonyl (C=O) groups is 2. The lowest BCUT2D eigenvalue weighted by Gasteiger charge is -2.26. The number of ketones is 1. The predicted molar refractivity (Wildman–Crippen MR) is 72.4 cm³/mol. The van der Waals surface area contributed by atoms with E-state index in [1.807, 2.05) is 4.90 Å². The van der Waals surface area contributed by atoms with Crippen LogP contribution in [-0.2, 0) is 4.79 Å². The quantitative estimate of drug-likeness (QED) is 0.781. The smallest absolute Gasteiger partial charge is 0.260 e. The Morgan fingerprint density at radius 1 is 1.16 bits per heavy atom. The topological polar surface area (TPSA) is 46.6 Å². The summed E-state index contributed by atoms with van der Waals surface area (Å²) >= 11 is 0. The number of amides is 1. The number of carbonyl (C=O) groups excluding carboxylic acids is 2. The van der Waals surface area contributed by atoms with Gasteiger partial charge in [-0.25, -0.2) is 0 Å². The summed E-state index contributed by atoms with van der Waals surface area (Å²) in [6.07, 6.45) is 3.32. The second-order valence-corrected chi connectivity index (χ2v) is 4.78. The van der Waals surface area contributed by atoms with Crippen molar-refractivity contribution < 1.29 is 14.3 Å². The number of nitrogens with zero attached hydrogens (tertiary/aromatic N) is 1. The third kappa shape index (κ3) is 3.56. The van der Waals surface area contributed by atoms with Gasteiger partial charge in [0.2, 0.25) is 0 Å². The average Bonchev–Trinajstić information content (AvgIpc) is 2.46. The largest absolute Gasteiger partial charge is 0.483 e. The van der Waals surface area contributed by atoms with Gasteiger partial charge in [0.05, 0.1) is 5.56 Å². The van der Waals surface area contributed by atoms with Gasteiger partial charge in [0.1, 0.15) is 5.75 Å². The molecule has 0 radical (unpaired) electrons. The minimum Gasteiger partial charge on any atom is -0.483 e. The lowest BCUT2D eigenvalue weighted by molar-refractivity contribution is -0.134. The zero-order valence-electron chi connectivity index (χ0n) is 11.2. The lowest BCUT2D eigenvalue weighted by Crippen LogP contribution is -2.38. The summed E-state index contributed by atoms with van der Waals surface area (Å²) in [6.45, 7) is 3.13. The van der Waals surface area contributed by atoms with E-state index in [1.165, 1.54) is 13.3 Å². The van der Waals surface area contributed by atoms with Crippen LogP contribution in [-0.4, -0.2) is 36.3 Å². The Bertz CT molecular complexity index is 464. The number of hydrogen-bond donors (Lipinski definition) is 0. The summed E-state index contributed by atoms with van der Waals surface area (Å²) in [7, 11) is 0. The highest BCUT2D eigenvalue weighted by Gasteiger charge is 2.17. The number of likely N-dealkylation sites (tertiary alicyclic amines) is 1. The molecule has 1 aromatic carbocycles. The number of hydrogen-bond acceptors (Lipinski definition) is 3. The molecule has 4 heteroatoms. The molecule has 0 atom stereocenters. The van der Waals surface area contributed by atoms with Crippen molar-refractivity contribution in [3.63, 3.8) is 0 Å². The van der Waals surface area contributed by atoms with Crippen molar-refractivity contribution in [1.82, 2.24) is 4.90 Å². The summed E-state index contributed by atoms with van der Waals surface area (Å²) in [5.41, 5.74) is 0.522. The van der Waals surface area contributed by atoms with Gasteiger partial charge in [-0.2, -0.15) is 0 Å². The zero-order valence-corrected chi connectivity index (χ0v) is 11.2. The van der Waals surface area contributed by atoms with Crippen molar-refractivity contribution in [2.24, 2.45) is 0 Å². The van der Waals surface area contributed by atoms with Gasteiger partial charge in [-0.3, -0.25) is 9.59 Å². The molecule has 2 rings (SSSR count). The highest BCUT2D eigenvalue weighted by atomic mass is 16.5. The summed E-state index contributed by atoms with van der Waals surface area (Å²) in [6, 6.07) is 7.02. The minimum absolute atomic E-state index is 0.00180. The van der Waals surface area contributed by atoms with E-state index >= 15 is 0 Å². The average molecular weight is 261 g/mol. The predicted octanol–water partition coefficient (Wildman–Crippen LogP) is 2.28. The van der Waals surface area contributed by atoms with Crippen molar-refractivity contribution >= 4 is 11.7 Å². The molecule has 0 aliphatic carbocycles. The molecule has 1 fully saturated rings. The van der Waals surface area contributed by atoms with Crippen LogP contribution < -0.4 is 4.74 Å². The maximum atomic E-state index is 12.0. The van der Waals surface area contributed by atoms with Crippen LogP contribution in [0, 0.1) is 0 Å². The van der Waals surface area contributed by atoms with Crippen LogP contribution in [0.2, 0.25) is 0 Å². The van der Waals surface area contributed by atoms with E-state index < -0.39 is 0 Å². The molecule has 1 saturated heterocycles. The molecular formula is C15H19NO3. The number of rotatable bonds is 4. The van der Waals surface area contributed by atoms with Crippen molar-refractivity contribution in [1.29, 1.82) is 0 Å². The highest BCUT2D eigenvalue weighted by Crippen LogP contribution is 2.18. The van der Waals surface area contributed by atoms with Crippen LogP contribution >= 0.6 is 0 Å². The van der Waals surface area contributed by atoms with E-state index in [1.54, 1.807) is 24.3 Å². The molecule has 0 N–H and O–H groups in total. The molecule has 19 heavy (non-hydrogen) atoms. The Morgan fingerprint density at radius 3 is 2.53 bits per heavy atom. The Morgan fingerprint density at radius 2 is 1.84 bits per heavy atom. The van der Waals surface area contributed by atoms with Crippen LogP contribution in [0.1, 0.15) is 36.5 Å². The van der Waals surface area contributed by atoms with E-state index in [4.69, 9.17) is 4.74 Å². The maximum Gasteiger partial charge on any atom is 0.260 e. The molecule has 1 aliphatic heterocycles. The Balaban J connectivity index is 1.94. The fraction of sp³-hybridized carbons (Fsp3) is 0.467. The van der Waals surface area contributed by atoms with Crippen LogP contribution in [0.3, 0.4) is 0 Å². The summed E-state index contributed by atoms with van der Waals surface area (Å²) in [5, 5.41) is 0. The number of piperidine rings is 1. The van der Waals surface area contributed by atoms with Gasteiger partial charge in [-0.1, -0.05) is 12.1 Å². The highest BCUT2D eigenvalue weighted by molar-refractivity contribution is 5.96. The molecule has 4 nitrogen and oxygen atoms in total. The van der Waals surface area contributed by atoms with E-state index in [0.29, 0.717) is 11.3 Å².